The minimum Gasteiger partial charge on any atom is -0.493 e. The molecule has 0 aliphatic carbocycles. The molecule has 0 heterocycles. The highest BCUT2D eigenvalue weighted by Gasteiger charge is 2.15. The Labute approximate surface area is 198 Å². The van der Waals surface area contributed by atoms with Gasteiger partial charge in [-0.1, -0.05) is 11.6 Å². The zero-order valence-electron chi connectivity index (χ0n) is 19.1. The third-order valence-corrected chi connectivity index (χ3v) is 4.76. The van der Waals surface area contributed by atoms with Crippen molar-refractivity contribution in [2.45, 2.75) is 20.8 Å². The van der Waals surface area contributed by atoms with Crippen molar-refractivity contribution in [3.63, 3.8) is 0 Å². The third kappa shape index (κ3) is 7.84. The van der Waals surface area contributed by atoms with Crippen molar-refractivity contribution in [2.24, 2.45) is 0 Å². The summed E-state index contributed by atoms with van der Waals surface area (Å²) in [7, 11) is 1.51. The summed E-state index contributed by atoms with van der Waals surface area (Å²) >= 11 is 6.27. The SMILES string of the molecule is CCOc1c(Cl)cc(/C=C/C(=O)N(CC)CC(=O)Nc2ccc(NC(C)=O)cc2)cc1OC. The molecule has 0 unspecified atom stereocenters. The van der Waals surface area contributed by atoms with Crippen LogP contribution in [0.15, 0.2) is 42.5 Å². The van der Waals surface area contributed by atoms with Crippen molar-refractivity contribution in [3.8, 4) is 11.5 Å². The van der Waals surface area contributed by atoms with Gasteiger partial charge in [0.2, 0.25) is 17.7 Å². The molecular weight excluding hydrogens is 446 g/mol. The topological polar surface area (TPSA) is 97.0 Å². The number of carbonyl (C=O) groups is 3. The van der Waals surface area contributed by atoms with E-state index >= 15 is 0 Å². The number of likely N-dealkylation sites (N-methyl/N-ethyl adjacent to an activating group) is 1. The van der Waals surface area contributed by atoms with Gasteiger partial charge in [0.25, 0.3) is 0 Å². The summed E-state index contributed by atoms with van der Waals surface area (Å²) in [6.07, 6.45) is 2.98. The van der Waals surface area contributed by atoms with Crippen LogP contribution in [0.5, 0.6) is 11.5 Å². The Balaban J connectivity index is 2.01. The molecule has 2 aromatic carbocycles. The molecule has 9 heteroatoms. The van der Waals surface area contributed by atoms with Crippen LogP contribution in [0, 0.1) is 0 Å². The van der Waals surface area contributed by atoms with Gasteiger partial charge in [0, 0.05) is 30.9 Å². The second kappa shape index (κ2) is 12.5. The number of benzene rings is 2. The van der Waals surface area contributed by atoms with Crippen LogP contribution in [0.25, 0.3) is 6.08 Å². The summed E-state index contributed by atoms with van der Waals surface area (Å²) in [5, 5.41) is 5.77. The fraction of sp³-hybridized carbons (Fsp3) is 0.292. The quantitative estimate of drug-likeness (QED) is 0.504. The normalized spacial score (nSPS) is 10.6. The van der Waals surface area contributed by atoms with Gasteiger partial charge >= 0.3 is 0 Å². The number of rotatable bonds is 10. The zero-order chi connectivity index (χ0) is 24.4. The highest BCUT2D eigenvalue weighted by atomic mass is 35.5. The first-order valence-electron chi connectivity index (χ1n) is 10.4. The van der Waals surface area contributed by atoms with Gasteiger partial charge in [-0.25, -0.2) is 0 Å². The first-order chi connectivity index (χ1) is 15.8. The van der Waals surface area contributed by atoms with Gasteiger partial charge < -0.3 is 25.0 Å². The minimum absolute atomic E-state index is 0.111. The van der Waals surface area contributed by atoms with Gasteiger partial charge in [0.05, 0.1) is 18.7 Å². The molecule has 176 valence electrons. The Morgan fingerprint density at radius 3 is 2.24 bits per heavy atom. The second-order valence-electron chi connectivity index (χ2n) is 6.96. The first kappa shape index (κ1) is 25.7. The van der Waals surface area contributed by atoms with Gasteiger partial charge in [-0.15, -0.1) is 0 Å². The highest BCUT2D eigenvalue weighted by Crippen LogP contribution is 2.36. The van der Waals surface area contributed by atoms with E-state index in [2.05, 4.69) is 10.6 Å². The predicted octanol–water partition coefficient (Wildman–Crippen LogP) is 4.21. The minimum atomic E-state index is -0.336. The van der Waals surface area contributed by atoms with Gasteiger partial charge in [0.1, 0.15) is 6.54 Å². The van der Waals surface area contributed by atoms with E-state index in [1.54, 1.807) is 49.4 Å². The van der Waals surface area contributed by atoms with E-state index in [0.717, 1.165) is 0 Å². The number of halogens is 1. The molecule has 0 aliphatic rings. The molecule has 2 N–H and O–H groups in total. The van der Waals surface area contributed by atoms with Crippen molar-refractivity contribution in [3.05, 3.63) is 53.1 Å². The molecule has 2 aromatic rings. The van der Waals surface area contributed by atoms with Crippen LogP contribution < -0.4 is 20.1 Å². The number of hydrogen-bond acceptors (Lipinski definition) is 5. The number of anilines is 2. The van der Waals surface area contributed by atoms with Crippen LogP contribution >= 0.6 is 11.6 Å². The van der Waals surface area contributed by atoms with E-state index in [9.17, 15) is 14.4 Å². The molecule has 0 bridgehead atoms. The molecule has 0 radical (unpaired) electrons. The number of nitrogens with zero attached hydrogens (tertiary/aromatic N) is 1. The average molecular weight is 474 g/mol. The Morgan fingerprint density at radius 2 is 1.70 bits per heavy atom. The molecule has 0 saturated heterocycles. The summed E-state index contributed by atoms with van der Waals surface area (Å²) in [5.41, 5.74) is 1.85. The van der Waals surface area contributed by atoms with E-state index in [1.807, 2.05) is 6.92 Å². The molecule has 0 atom stereocenters. The summed E-state index contributed by atoms with van der Waals surface area (Å²) in [4.78, 5) is 37.5. The lowest BCUT2D eigenvalue weighted by Gasteiger charge is -2.18. The predicted molar refractivity (Wildman–Crippen MR) is 130 cm³/mol. The molecule has 2 rings (SSSR count). The number of amides is 3. The van der Waals surface area contributed by atoms with Crippen LogP contribution in [0.4, 0.5) is 11.4 Å². The van der Waals surface area contributed by atoms with Crippen LogP contribution in [0.1, 0.15) is 26.3 Å². The molecule has 0 saturated carbocycles. The molecule has 0 aromatic heterocycles. The maximum absolute atomic E-state index is 12.6. The Morgan fingerprint density at radius 1 is 1.06 bits per heavy atom. The molecular formula is C24H28ClN3O5. The third-order valence-electron chi connectivity index (χ3n) is 4.48. The van der Waals surface area contributed by atoms with Gasteiger partial charge in [-0.3, -0.25) is 14.4 Å². The number of nitrogens with one attached hydrogen (secondary N) is 2. The van der Waals surface area contributed by atoms with Gasteiger partial charge in [-0.05, 0) is 61.9 Å². The summed E-state index contributed by atoms with van der Waals surface area (Å²) in [5.74, 6) is 0.0759. The van der Waals surface area contributed by atoms with Crippen molar-refractivity contribution < 1.29 is 23.9 Å². The lowest BCUT2D eigenvalue weighted by molar-refractivity contribution is -0.130. The van der Waals surface area contributed by atoms with Crippen molar-refractivity contribution >= 4 is 46.8 Å². The molecule has 0 fully saturated rings. The standard InChI is InChI=1S/C24H28ClN3O5/c1-5-28(15-22(30)27-19-10-8-18(9-11-19)26-16(3)29)23(31)12-7-17-13-20(25)24(33-6-2)21(14-17)32-4/h7-14H,5-6,15H2,1-4H3,(H,26,29)(H,27,30)/b12-7+. The van der Waals surface area contributed by atoms with Crippen LogP contribution in [0.3, 0.4) is 0 Å². The largest absolute Gasteiger partial charge is 0.493 e. The number of carbonyl (C=O) groups excluding carboxylic acids is 3. The monoisotopic (exact) mass is 473 g/mol. The summed E-state index contributed by atoms with van der Waals surface area (Å²) in [6.45, 7) is 5.74. The highest BCUT2D eigenvalue weighted by molar-refractivity contribution is 6.32. The van der Waals surface area contributed by atoms with Crippen LogP contribution in [-0.2, 0) is 14.4 Å². The molecule has 8 nitrogen and oxygen atoms in total. The maximum Gasteiger partial charge on any atom is 0.247 e. The van der Waals surface area contributed by atoms with E-state index < -0.39 is 0 Å². The van der Waals surface area contributed by atoms with Crippen molar-refractivity contribution in [2.75, 3.05) is 37.4 Å². The van der Waals surface area contributed by atoms with Crippen molar-refractivity contribution in [1.29, 1.82) is 0 Å². The molecule has 33 heavy (non-hydrogen) atoms. The summed E-state index contributed by atoms with van der Waals surface area (Å²) in [6, 6.07) is 10.1. The van der Waals surface area contributed by atoms with Crippen molar-refractivity contribution in [1.82, 2.24) is 4.90 Å². The van der Waals surface area contributed by atoms with E-state index in [0.29, 0.717) is 46.6 Å². The lowest BCUT2D eigenvalue weighted by Crippen LogP contribution is -2.36. The number of hydrogen-bond donors (Lipinski definition) is 2. The Hall–Kier alpha value is -3.52. The summed E-state index contributed by atoms with van der Waals surface area (Å²) < 4.78 is 10.8. The van der Waals surface area contributed by atoms with Crippen LogP contribution in [-0.4, -0.2) is 49.4 Å². The number of methoxy groups -OCH3 is 1. The van der Waals surface area contributed by atoms with Crippen LogP contribution in [0.2, 0.25) is 5.02 Å². The van der Waals surface area contributed by atoms with E-state index in [4.69, 9.17) is 21.1 Å². The zero-order valence-corrected chi connectivity index (χ0v) is 19.9. The smallest absolute Gasteiger partial charge is 0.247 e. The van der Waals surface area contributed by atoms with Gasteiger partial charge in [-0.2, -0.15) is 0 Å². The van der Waals surface area contributed by atoms with Gasteiger partial charge in [0.15, 0.2) is 11.5 Å². The van der Waals surface area contributed by atoms with E-state index in [-0.39, 0.29) is 24.3 Å². The second-order valence-corrected chi connectivity index (χ2v) is 7.37. The maximum atomic E-state index is 12.6. The van der Waals surface area contributed by atoms with E-state index in [1.165, 1.54) is 25.0 Å². The molecule has 0 spiro atoms. The Kier molecular flexibility index (Phi) is 9.75. The fourth-order valence-electron chi connectivity index (χ4n) is 2.95. The average Bonchev–Trinajstić information content (AvgIpc) is 2.78. The Bertz CT molecular complexity index is 1020. The fourth-order valence-corrected chi connectivity index (χ4v) is 3.23. The number of ether oxygens (including phenoxy) is 2. The lowest BCUT2D eigenvalue weighted by atomic mass is 10.2. The molecule has 0 aliphatic heterocycles. The first-order valence-corrected chi connectivity index (χ1v) is 10.8. The molecule has 3 amide bonds.